The Morgan fingerprint density at radius 3 is 0.805 bits per heavy atom. The summed E-state index contributed by atoms with van der Waals surface area (Å²) >= 11 is 0. The quantitative estimate of drug-likeness (QED) is 0.0246. The summed E-state index contributed by atoms with van der Waals surface area (Å²) in [5.41, 5.74) is 2.98. The molecule has 0 bridgehead atoms. The van der Waals surface area contributed by atoms with Gasteiger partial charge in [0.25, 0.3) is 35.4 Å². The Hall–Kier alpha value is -15.4. The van der Waals surface area contributed by atoms with Crippen LogP contribution in [0, 0.1) is 5.92 Å². The second kappa shape index (κ2) is 60.2. The van der Waals surface area contributed by atoms with Gasteiger partial charge in [0.15, 0.2) is 0 Å². The van der Waals surface area contributed by atoms with Crippen LogP contribution in [0.4, 0.5) is 0 Å². The molecule has 0 unspecified atom stereocenters. The number of carbonyl (C=O) groups is 18. The van der Waals surface area contributed by atoms with E-state index in [0.29, 0.717) is 114 Å². The van der Waals surface area contributed by atoms with Crippen LogP contribution in [-0.4, -0.2) is 185 Å². The summed E-state index contributed by atoms with van der Waals surface area (Å²) < 4.78 is 58.3. The zero-order chi connectivity index (χ0) is 95.7. The summed E-state index contributed by atoms with van der Waals surface area (Å²) in [6.07, 6.45) is 27.1. The minimum atomic E-state index is -0.662. The van der Waals surface area contributed by atoms with Crippen LogP contribution in [-0.2, 0) is 143 Å². The molecule has 7 rings (SSSR count). The first-order valence-corrected chi connectivity index (χ1v) is 39.4. The minimum Gasteiger partial charge on any atom is -0.466 e. The number of rotatable bonds is 35. The van der Waals surface area contributed by atoms with Crippen LogP contribution in [0.5, 0.6) is 0 Å². The largest absolute Gasteiger partial charge is 0.466 e. The van der Waals surface area contributed by atoms with Gasteiger partial charge in [-0.3, -0.25) is 28.8 Å². The van der Waals surface area contributed by atoms with Crippen LogP contribution in [0.25, 0.3) is 0 Å². The molecule has 1 fully saturated rings. The number of nitrogens with one attached hydrogen (secondary N) is 12. The second-order valence-electron chi connectivity index (χ2n) is 28.1. The van der Waals surface area contributed by atoms with E-state index in [1.165, 1.54) is 50.0 Å². The van der Waals surface area contributed by atoms with Crippen molar-refractivity contribution in [1.29, 1.82) is 0 Å². The Balaban J connectivity index is 0.000000521. The molecule has 0 atom stereocenters. The highest BCUT2D eigenvalue weighted by Gasteiger charge is 2.21. The Morgan fingerprint density at radius 1 is 0.336 bits per heavy atom. The van der Waals surface area contributed by atoms with Crippen LogP contribution >= 0.6 is 0 Å². The normalized spacial score (nSPS) is 15.3. The highest BCUT2D eigenvalue weighted by molar-refractivity contribution is 5.97. The molecule has 0 aromatic rings. The molecule has 42 heteroatoms. The van der Waals surface area contributed by atoms with Crippen molar-refractivity contribution in [2.45, 2.75) is 144 Å². The van der Waals surface area contributed by atoms with Crippen molar-refractivity contribution < 1.29 is 143 Å². The van der Waals surface area contributed by atoms with Gasteiger partial charge >= 0.3 is 71.6 Å². The molecule has 6 aliphatic heterocycles. The third-order valence-corrected chi connectivity index (χ3v) is 14.8. The molecule has 6 heterocycles. The monoisotopic (exact) mass is 1790 g/mol. The number of methoxy groups -OCH3 is 1. The average molecular weight is 1790 g/mol. The van der Waals surface area contributed by atoms with Crippen LogP contribution in [0.2, 0.25) is 0 Å². The lowest BCUT2D eigenvalue weighted by molar-refractivity contribution is -0.149. The third-order valence-electron chi connectivity index (χ3n) is 14.8. The summed E-state index contributed by atoms with van der Waals surface area (Å²) in [6.45, 7) is 36.5. The summed E-state index contributed by atoms with van der Waals surface area (Å²) in [4.78, 5) is 202. The zero-order valence-corrected chi connectivity index (χ0v) is 72.5. The Labute approximate surface area is 738 Å². The zero-order valence-electron chi connectivity index (χ0n) is 72.5. The van der Waals surface area contributed by atoms with Gasteiger partial charge in [0, 0.05) is 182 Å². The van der Waals surface area contributed by atoms with E-state index in [2.05, 4.69) is 113 Å². The maximum Gasteiger partial charge on any atom is 0.331 e. The van der Waals surface area contributed by atoms with Crippen molar-refractivity contribution >= 4 is 107 Å². The van der Waals surface area contributed by atoms with E-state index in [0.717, 1.165) is 98.6 Å². The maximum absolute atomic E-state index is 11.6. The molecule has 694 valence electrons. The molecule has 0 aromatic heterocycles. The van der Waals surface area contributed by atoms with Crippen LogP contribution in [0.15, 0.2) is 218 Å². The molecule has 0 spiro atoms. The number of hydrogen-bond acceptors (Lipinski definition) is 36. The molecular formula is C86H110N12O30. The van der Waals surface area contributed by atoms with Gasteiger partial charge in [-0.05, 0) is 73.1 Å². The Bertz CT molecular complexity index is 4530. The molecule has 0 radical (unpaired) electrons. The molecule has 0 saturated heterocycles. The van der Waals surface area contributed by atoms with E-state index >= 15 is 0 Å². The van der Waals surface area contributed by atoms with E-state index in [-0.39, 0.29) is 99.8 Å². The van der Waals surface area contributed by atoms with Gasteiger partial charge in [-0.15, -0.1) is 0 Å². The van der Waals surface area contributed by atoms with E-state index in [1.54, 1.807) is 41.5 Å². The lowest BCUT2D eigenvalue weighted by Crippen LogP contribution is -2.35. The maximum atomic E-state index is 11.6. The predicted octanol–water partition coefficient (Wildman–Crippen LogP) is 3.41. The fourth-order valence-corrected chi connectivity index (χ4v) is 9.66. The summed E-state index contributed by atoms with van der Waals surface area (Å²) in [6, 6.07) is 0. The first-order valence-electron chi connectivity index (χ1n) is 39.4. The highest BCUT2D eigenvalue weighted by Crippen LogP contribution is 2.21. The fraction of sp³-hybridized carbons (Fsp3) is 0.372. The van der Waals surface area contributed by atoms with Crippen molar-refractivity contribution in [3.8, 4) is 0 Å². The van der Waals surface area contributed by atoms with Gasteiger partial charge in [-0.1, -0.05) is 59.7 Å². The van der Waals surface area contributed by atoms with E-state index in [9.17, 15) is 86.3 Å². The van der Waals surface area contributed by atoms with E-state index in [1.807, 2.05) is 13.8 Å². The number of amides is 6. The first kappa shape index (κ1) is 109. The molecule has 128 heavy (non-hydrogen) atoms. The summed E-state index contributed by atoms with van der Waals surface area (Å²) in [5.74, 6) is -6.68. The molecule has 6 amide bonds. The van der Waals surface area contributed by atoms with Crippen molar-refractivity contribution in [3.05, 3.63) is 218 Å². The van der Waals surface area contributed by atoms with Gasteiger partial charge in [-0.2, -0.15) is 0 Å². The van der Waals surface area contributed by atoms with Gasteiger partial charge in [0.05, 0.1) is 66.1 Å². The van der Waals surface area contributed by atoms with Crippen LogP contribution in [0.1, 0.15) is 126 Å². The van der Waals surface area contributed by atoms with E-state index in [4.69, 9.17) is 47.4 Å². The third kappa shape index (κ3) is 56.3. The molecule has 0 aromatic carbocycles. The van der Waals surface area contributed by atoms with E-state index < -0.39 is 77.2 Å². The Morgan fingerprint density at radius 2 is 0.570 bits per heavy atom. The second-order valence-corrected chi connectivity index (χ2v) is 28.1. The SMILES string of the molecule is C=C1NC(=O)C=C(CCOC(=O)/C=C/C(=O)OC(C)(C)C)N1.C=C1NC(=O)C=C(CCOC(=O)/C=C/C(=O)OC(C)C)N1.C=C1NC(=O)C=C(CCOC(=O)/C=C/C(=O)OC)N1.C=C1NC(=O)C=C(CCOC(=O)/C=C/C(=O)OC2CCCCC2)N1.C=C1NC(=O)C=C(CCOC(=O)/C=C/C(=O)OCC(C)C)N1.C=C1NC(=O)C=C(CCOC(=O)/C=C/C(=O)OCC)N1. The number of hydrogen-bond donors (Lipinski definition) is 12. The standard InChI is InChI=1S/C17H22N2O5.2C15H20N2O5.C14H18N2O5.C13H16N2O5.C12H14N2O5/c1-12-18-13(11-15(20)19-12)9-10-23-16(21)7-8-17(22)24-14-5-3-2-4-6-14;1-10-16-11(9-12(18)17-10)7-8-21-13(19)5-6-14(20)22-15(2,3)4;1-10(2)9-22-15(20)5-4-14(19)21-7-6-12-8-13(18)17-11(3)16-12;1-9(2)21-14(19)5-4-13(18)20-7-6-11-8-12(17)16-10(3)15-11;1-3-19-12(17)4-5-13(18)20-7-6-10-8-11(16)15-9(2)14-10;1-8-13-9(7-10(15)14-8)5-6-19-12(17)4-3-11(16)18-2/h7-8,11,14,18H,1-6,9-10H2,(H,19,20);5-6,9,16H,1,7-8H2,2-4H3,(H,17,18);4-5,8,10,16H,3,6-7,9H2,1-2H3,(H,17,18);4-5,8-9,15H,3,6-7H2,1-2H3,(H,16,17);4-5,8,14H,2-3,6-7H2,1H3,(H,15,16);3-4,7,13H,1,5-6H2,2H3,(H,14,15)/b8-7+;6-5+;3*5-4+;4-3+. The van der Waals surface area contributed by atoms with Crippen molar-refractivity contribution in [3.63, 3.8) is 0 Å². The minimum absolute atomic E-state index is 0.0459. The smallest absolute Gasteiger partial charge is 0.331 e. The number of esters is 12. The number of carbonyl (C=O) groups excluding carboxylic acids is 18. The van der Waals surface area contributed by atoms with Crippen LogP contribution < -0.4 is 63.8 Å². The molecule has 7 aliphatic rings. The molecule has 42 nitrogen and oxygen atoms in total. The fourth-order valence-electron chi connectivity index (χ4n) is 9.66. The van der Waals surface area contributed by atoms with Gasteiger partial charge < -0.3 is 121 Å². The predicted molar refractivity (Wildman–Crippen MR) is 454 cm³/mol. The van der Waals surface area contributed by atoms with Gasteiger partial charge in [0.1, 0.15) is 46.6 Å². The van der Waals surface area contributed by atoms with Crippen LogP contribution in [0.3, 0.4) is 0 Å². The molecule has 12 N–H and O–H groups in total. The van der Waals surface area contributed by atoms with Gasteiger partial charge in [0.2, 0.25) is 0 Å². The molecule has 1 aliphatic carbocycles. The molecular weight excluding hydrogens is 1680 g/mol. The van der Waals surface area contributed by atoms with Gasteiger partial charge in [-0.25, -0.2) is 57.5 Å². The lowest BCUT2D eigenvalue weighted by Gasteiger charge is -2.20. The average Bonchev–Trinajstić information content (AvgIpc) is 0.922. The number of ether oxygens (including phenoxy) is 12. The first-order chi connectivity index (χ1) is 60.4. The highest BCUT2D eigenvalue weighted by atomic mass is 16.6. The van der Waals surface area contributed by atoms with Crippen molar-refractivity contribution in [1.82, 2.24) is 63.8 Å². The van der Waals surface area contributed by atoms with Crippen molar-refractivity contribution in [2.75, 3.05) is 60.0 Å². The summed E-state index contributed by atoms with van der Waals surface area (Å²) in [7, 11) is 1.21. The topological polar surface area (TPSA) is 562 Å². The molecule has 1 saturated carbocycles. The lowest BCUT2D eigenvalue weighted by atomic mass is 9.98. The summed E-state index contributed by atoms with van der Waals surface area (Å²) in [5, 5.41) is 31.9. The van der Waals surface area contributed by atoms with Crippen molar-refractivity contribution in [2.24, 2.45) is 5.92 Å². The Kier molecular flexibility index (Phi) is 51.1.